The van der Waals surface area contributed by atoms with Crippen LogP contribution >= 0.6 is 11.3 Å². The van der Waals surface area contributed by atoms with E-state index in [1.54, 1.807) is 18.3 Å². The molecule has 10 heteroatoms. The van der Waals surface area contributed by atoms with Crippen molar-refractivity contribution in [2.24, 2.45) is 0 Å². The van der Waals surface area contributed by atoms with Gasteiger partial charge < -0.3 is 19.5 Å². The van der Waals surface area contributed by atoms with E-state index >= 15 is 0 Å². The Balaban J connectivity index is 2.00. The number of methoxy groups -OCH3 is 1. The summed E-state index contributed by atoms with van der Waals surface area (Å²) in [6.07, 6.45) is 0.666. The summed E-state index contributed by atoms with van der Waals surface area (Å²) in [5, 5.41) is 15.9. The number of nitro groups is 1. The van der Waals surface area contributed by atoms with E-state index in [1.165, 1.54) is 13.2 Å². The minimum Gasteiger partial charge on any atom is -0.493 e. The molecule has 0 bridgehead atoms. The quantitative estimate of drug-likeness (QED) is 0.365. The fraction of sp³-hybridized carbons (Fsp3) is 0.333. The standard InChI is InChI=1S/C18H20N2O7S/c1-3-26-16-10-14(20(23)24)13(9-15(16)25-2)18(22)27-11-17(21)19-7-6-12-5-4-8-28-12/h4-5,8-10H,3,6-7,11H2,1-2H3,(H,19,21). The van der Waals surface area contributed by atoms with Crippen molar-refractivity contribution in [1.82, 2.24) is 5.32 Å². The minimum absolute atomic E-state index is 0.138. The van der Waals surface area contributed by atoms with Gasteiger partial charge in [0.2, 0.25) is 0 Å². The molecule has 1 aromatic heterocycles. The highest BCUT2D eigenvalue weighted by molar-refractivity contribution is 7.09. The third kappa shape index (κ3) is 5.68. The Labute approximate surface area is 165 Å². The predicted molar refractivity (Wildman–Crippen MR) is 102 cm³/mol. The summed E-state index contributed by atoms with van der Waals surface area (Å²) in [6, 6.07) is 6.14. The van der Waals surface area contributed by atoms with Crippen LogP contribution in [-0.2, 0) is 16.0 Å². The molecule has 1 heterocycles. The molecule has 1 amide bonds. The van der Waals surface area contributed by atoms with Crippen LogP contribution in [0.1, 0.15) is 22.2 Å². The Hall–Kier alpha value is -3.14. The Kier molecular flexibility index (Phi) is 7.76. The number of hydrogen-bond acceptors (Lipinski definition) is 8. The lowest BCUT2D eigenvalue weighted by atomic mass is 10.1. The maximum Gasteiger partial charge on any atom is 0.345 e. The first-order valence-electron chi connectivity index (χ1n) is 8.41. The van der Waals surface area contributed by atoms with Crippen molar-refractivity contribution in [3.05, 3.63) is 50.2 Å². The van der Waals surface area contributed by atoms with Gasteiger partial charge in [0, 0.05) is 17.5 Å². The summed E-state index contributed by atoms with van der Waals surface area (Å²) in [7, 11) is 1.35. The van der Waals surface area contributed by atoms with Gasteiger partial charge in [-0.2, -0.15) is 0 Å². The lowest BCUT2D eigenvalue weighted by Gasteiger charge is -2.11. The van der Waals surface area contributed by atoms with Gasteiger partial charge >= 0.3 is 5.97 Å². The van der Waals surface area contributed by atoms with Crippen LogP contribution in [0.4, 0.5) is 5.69 Å². The van der Waals surface area contributed by atoms with Gasteiger partial charge in [0.05, 0.1) is 24.7 Å². The number of carbonyl (C=O) groups is 2. The molecule has 0 saturated heterocycles. The molecule has 0 aliphatic heterocycles. The second kappa shape index (κ2) is 10.3. The van der Waals surface area contributed by atoms with Crippen molar-refractivity contribution < 1.29 is 28.7 Å². The molecule has 0 unspecified atom stereocenters. The molecule has 1 aromatic carbocycles. The number of benzene rings is 1. The number of nitrogens with one attached hydrogen (secondary N) is 1. The number of thiophene rings is 1. The van der Waals surface area contributed by atoms with Gasteiger partial charge in [-0.05, 0) is 24.8 Å². The fourth-order valence-corrected chi connectivity index (χ4v) is 3.04. The van der Waals surface area contributed by atoms with E-state index in [-0.39, 0.29) is 23.7 Å². The van der Waals surface area contributed by atoms with E-state index in [2.05, 4.69) is 5.32 Å². The zero-order valence-corrected chi connectivity index (χ0v) is 16.2. The number of amides is 1. The van der Waals surface area contributed by atoms with Crippen LogP contribution < -0.4 is 14.8 Å². The first-order chi connectivity index (χ1) is 13.5. The number of nitro benzene ring substituents is 1. The fourth-order valence-electron chi connectivity index (χ4n) is 2.33. The van der Waals surface area contributed by atoms with Gasteiger partial charge in [0.15, 0.2) is 18.1 Å². The second-order valence-electron chi connectivity index (χ2n) is 5.47. The second-order valence-corrected chi connectivity index (χ2v) is 6.50. The van der Waals surface area contributed by atoms with Gasteiger partial charge in [0.1, 0.15) is 5.56 Å². The van der Waals surface area contributed by atoms with E-state index in [1.807, 2.05) is 17.5 Å². The minimum atomic E-state index is -0.999. The first-order valence-corrected chi connectivity index (χ1v) is 9.29. The smallest absolute Gasteiger partial charge is 0.345 e. The first kappa shape index (κ1) is 21.2. The molecular weight excluding hydrogens is 388 g/mol. The molecule has 2 rings (SSSR count). The lowest BCUT2D eigenvalue weighted by Crippen LogP contribution is -2.30. The molecule has 0 radical (unpaired) electrons. The van der Waals surface area contributed by atoms with Crippen LogP contribution in [0.5, 0.6) is 11.5 Å². The molecule has 2 aromatic rings. The Bertz CT molecular complexity index is 837. The van der Waals surface area contributed by atoms with Crippen LogP contribution in [0.2, 0.25) is 0 Å². The molecule has 0 saturated carbocycles. The summed E-state index contributed by atoms with van der Waals surface area (Å²) in [5.74, 6) is -1.20. The zero-order valence-electron chi connectivity index (χ0n) is 15.4. The van der Waals surface area contributed by atoms with Crippen molar-refractivity contribution in [3.63, 3.8) is 0 Å². The number of carbonyl (C=O) groups excluding carboxylic acids is 2. The van der Waals surface area contributed by atoms with E-state index in [0.29, 0.717) is 13.0 Å². The molecule has 1 N–H and O–H groups in total. The summed E-state index contributed by atoms with van der Waals surface area (Å²) in [5.41, 5.74) is -0.816. The molecule has 9 nitrogen and oxygen atoms in total. The SMILES string of the molecule is CCOc1cc([N+](=O)[O-])c(C(=O)OCC(=O)NCCc2cccs2)cc1OC. The maximum absolute atomic E-state index is 12.3. The van der Waals surface area contributed by atoms with Gasteiger partial charge in [-0.1, -0.05) is 6.07 Å². The average Bonchev–Trinajstić information content (AvgIpc) is 3.19. The van der Waals surface area contributed by atoms with Crippen molar-refractivity contribution in [1.29, 1.82) is 0 Å². The summed E-state index contributed by atoms with van der Waals surface area (Å²) < 4.78 is 15.3. The molecule has 0 atom stereocenters. The van der Waals surface area contributed by atoms with Crippen molar-refractivity contribution in [2.45, 2.75) is 13.3 Å². The molecular formula is C18H20N2O7S. The Morgan fingerprint density at radius 3 is 2.68 bits per heavy atom. The summed E-state index contributed by atoms with van der Waals surface area (Å²) in [6.45, 7) is 1.83. The number of esters is 1. The van der Waals surface area contributed by atoms with E-state index in [4.69, 9.17) is 14.2 Å². The highest BCUT2D eigenvalue weighted by atomic mass is 32.1. The topological polar surface area (TPSA) is 117 Å². The molecule has 0 aliphatic carbocycles. The number of hydrogen-bond donors (Lipinski definition) is 1. The van der Waals surface area contributed by atoms with Crippen LogP contribution in [0, 0.1) is 10.1 Å². The van der Waals surface area contributed by atoms with Crippen LogP contribution in [0.25, 0.3) is 0 Å². The third-order valence-corrected chi connectivity index (χ3v) is 4.54. The molecule has 28 heavy (non-hydrogen) atoms. The van der Waals surface area contributed by atoms with Crippen molar-refractivity contribution in [2.75, 3.05) is 26.9 Å². The van der Waals surface area contributed by atoms with Crippen molar-refractivity contribution >= 4 is 28.9 Å². The molecule has 150 valence electrons. The predicted octanol–water partition coefficient (Wildman–Crippen LogP) is 2.58. The van der Waals surface area contributed by atoms with Gasteiger partial charge in [0.25, 0.3) is 11.6 Å². The highest BCUT2D eigenvalue weighted by Crippen LogP contribution is 2.35. The number of nitrogens with zero attached hydrogens (tertiary/aromatic N) is 1. The Morgan fingerprint density at radius 2 is 2.07 bits per heavy atom. The normalized spacial score (nSPS) is 10.2. The lowest BCUT2D eigenvalue weighted by molar-refractivity contribution is -0.385. The number of ether oxygens (including phenoxy) is 3. The average molecular weight is 408 g/mol. The van der Waals surface area contributed by atoms with Crippen LogP contribution in [0.15, 0.2) is 29.6 Å². The molecule has 0 fully saturated rings. The van der Waals surface area contributed by atoms with E-state index in [0.717, 1.165) is 10.9 Å². The maximum atomic E-state index is 12.3. The van der Waals surface area contributed by atoms with E-state index in [9.17, 15) is 19.7 Å². The van der Waals surface area contributed by atoms with Gasteiger partial charge in [-0.25, -0.2) is 4.79 Å². The summed E-state index contributed by atoms with van der Waals surface area (Å²) >= 11 is 1.58. The molecule has 0 aliphatic rings. The highest BCUT2D eigenvalue weighted by Gasteiger charge is 2.26. The van der Waals surface area contributed by atoms with Gasteiger partial charge in [-0.3, -0.25) is 14.9 Å². The van der Waals surface area contributed by atoms with Crippen LogP contribution in [-0.4, -0.2) is 43.7 Å². The monoisotopic (exact) mass is 408 g/mol. The largest absolute Gasteiger partial charge is 0.493 e. The third-order valence-electron chi connectivity index (χ3n) is 3.61. The summed E-state index contributed by atoms with van der Waals surface area (Å²) in [4.78, 5) is 35.8. The van der Waals surface area contributed by atoms with Crippen molar-refractivity contribution in [3.8, 4) is 11.5 Å². The molecule has 0 spiro atoms. The van der Waals surface area contributed by atoms with Gasteiger partial charge in [-0.15, -0.1) is 11.3 Å². The van der Waals surface area contributed by atoms with E-state index < -0.39 is 29.1 Å². The van der Waals surface area contributed by atoms with Crippen LogP contribution in [0.3, 0.4) is 0 Å². The zero-order chi connectivity index (χ0) is 20.5. The Morgan fingerprint density at radius 1 is 1.29 bits per heavy atom. The number of rotatable bonds is 10.